The number of piperazine rings is 1. The predicted molar refractivity (Wildman–Crippen MR) is 102 cm³/mol. The van der Waals surface area contributed by atoms with E-state index in [1.807, 2.05) is 29.2 Å². The molecule has 2 aromatic rings. The van der Waals surface area contributed by atoms with Gasteiger partial charge in [0.25, 0.3) is 5.91 Å². The summed E-state index contributed by atoms with van der Waals surface area (Å²) < 4.78 is 9.83. The van der Waals surface area contributed by atoms with Gasteiger partial charge in [-0.25, -0.2) is 4.79 Å². The molecule has 1 amide bonds. The van der Waals surface area contributed by atoms with Crippen molar-refractivity contribution < 1.29 is 19.1 Å². The fraction of sp³-hybridized carbons (Fsp3) is 0.400. The molecule has 1 aliphatic rings. The topological polar surface area (TPSA) is 74.9 Å². The van der Waals surface area contributed by atoms with E-state index >= 15 is 0 Å². The number of nitrogens with zero attached hydrogens (tertiary/aromatic N) is 2. The van der Waals surface area contributed by atoms with Gasteiger partial charge in [0.2, 0.25) is 0 Å². The number of hydrogen-bond donors (Lipinski definition) is 1. The number of carbonyl (C=O) groups excluding carboxylic acids is 2. The van der Waals surface area contributed by atoms with Gasteiger partial charge in [-0.15, -0.1) is 0 Å². The summed E-state index contributed by atoms with van der Waals surface area (Å²) in [6, 6.07) is 9.21. The highest BCUT2D eigenvalue weighted by Gasteiger charge is 2.22. The van der Waals surface area contributed by atoms with Crippen molar-refractivity contribution in [3.05, 3.63) is 47.8 Å². The molecule has 1 N–H and O–H groups in total. The van der Waals surface area contributed by atoms with Crippen LogP contribution in [0.15, 0.2) is 36.5 Å². The van der Waals surface area contributed by atoms with Crippen LogP contribution in [-0.4, -0.2) is 80.2 Å². The summed E-state index contributed by atoms with van der Waals surface area (Å²) in [7, 11) is 3.04. The van der Waals surface area contributed by atoms with Crippen LogP contribution in [0.3, 0.4) is 0 Å². The lowest BCUT2D eigenvalue weighted by Gasteiger charge is -2.34. The molecule has 0 bridgehead atoms. The van der Waals surface area contributed by atoms with Crippen molar-refractivity contribution in [1.82, 2.24) is 14.8 Å². The zero-order chi connectivity index (χ0) is 19.2. The minimum absolute atomic E-state index is 0.0342. The molecular weight excluding hydrogens is 346 g/mol. The van der Waals surface area contributed by atoms with E-state index in [-0.39, 0.29) is 5.91 Å². The molecule has 0 spiro atoms. The average molecular weight is 371 g/mol. The summed E-state index contributed by atoms with van der Waals surface area (Å²) in [6.45, 7) is 4.74. The minimum atomic E-state index is -0.417. The molecule has 1 saturated heterocycles. The van der Waals surface area contributed by atoms with Crippen LogP contribution in [0.5, 0.6) is 0 Å². The molecule has 144 valence electrons. The van der Waals surface area contributed by atoms with Crippen LogP contribution >= 0.6 is 0 Å². The molecule has 1 fully saturated rings. The number of aromatic amines is 1. The maximum Gasteiger partial charge on any atom is 0.354 e. The van der Waals surface area contributed by atoms with E-state index < -0.39 is 5.97 Å². The number of H-pyrrole nitrogens is 1. The highest BCUT2D eigenvalue weighted by atomic mass is 16.5. The number of carbonyl (C=O) groups is 2. The highest BCUT2D eigenvalue weighted by molar-refractivity contribution is 5.96. The number of rotatable bonds is 6. The van der Waals surface area contributed by atoms with E-state index in [0.29, 0.717) is 31.0 Å². The second-order valence-electron chi connectivity index (χ2n) is 6.50. The van der Waals surface area contributed by atoms with Crippen molar-refractivity contribution in [2.45, 2.75) is 0 Å². The lowest BCUT2D eigenvalue weighted by Crippen LogP contribution is -2.49. The number of hydrogen-bond acceptors (Lipinski definition) is 5. The first-order chi connectivity index (χ1) is 13.1. The van der Waals surface area contributed by atoms with Crippen LogP contribution in [0.4, 0.5) is 0 Å². The van der Waals surface area contributed by atoms with Crippen molar-refractivity contribution in [2.75, 3.05) is 53.6 Å². The van der Waals surface area contributed by atoms with E-state index in [1.54, 1.807) is 19.4 Å². The molecule has 3 rings (SSSR count). The summed E-state index contributed by atoms with van der Waals surface area (Å²) >= 11 is 0. The predicted octanol–water partition coefficient (Wildman–Crippen LogP) is 1.87. The van der Waals surface area contributed by atoms with Gasteiger partial charge in [0.05, 0.1) is 13.7 Å². The molecule has 2 heterocycles. The SMILES string of the molecule is COCCN1CCN(C(=O)c2cccc(-c3c[nH]c(C(=O)OC)c3)c2)CC1. The Morgan fingerprint density at radius 1 is 1.07 bits per heavy atom. The quantitative estimate of drug-likeness (QED) is 0.785. The Kier molecular flexibility index (Phi) is 6.26. The Labute approximate surface area is 158 Å². The number of ether oxygens (including phenoxy) is 2. The molecule has 0 saturated carbocycles. The number of aromatic nitrogens is 1. The van der Waals surface area contributed by atoms with Gasteiger partial charge in [-0.2, -0.15) is 0 Å². The van der Waals surface area contributed by atoms with Crippen molar-refractivity contribution in [1.29, 1.82) is 0 Å². The Balaban J connectivity index is 1.68. The Bertz CT molecular complexity index is 794. The van der Waals surface area contributed by atoms with E-state index in [4.69, 9.17) is 9.47 Å². The second kappa shape index (κ2) is 8.83. The lowest BCUT2D eigenvalue weighted by molar-refractivity contribution is 0.0587. The fourth-order valence-electron chi connectivity index (χ4n) is 3.20. The van der Waals surface area contributed by atoms with E-state index in [9.17, 15) is 9.59 Å². The molecule has 1 aromatic carbocycles. The van der Waals surface area contributed by atoms with Gasteiger partial charge >= 0.3 is 5.97 Å². The molecule has 0 aliphatic carbocycles. The molecule has 0 atom stereocenters. The molecule has 0 radical (unpaired) electrons. The van der Waals surface area contributed by atoms with Gasteiger partial charge < -0.3 is 19.4 Å². The first-order valence-electron chi connectivity index (χ1n) is 9.00. The molecule has 0 unspecified atom stereocenters. The maximum atomic E-state index is 12.9. The van der Waals surface area contributed by atoms with Crippen molar-refractivity contribution in [2.24, 2.45) is 0 Å². The van der Waals surface area contributed by atoms with Gasteiger partial charge in [-0.05, 0) is 23.8 Å². The monoisotopic (exact) mass is 371 g/mol. The smallest absolute Gasteiger partial charge is 0.354 e. The second-order valence-corrected chi connectivity index (χ2v) is 6.50. The van der Waals surface area contributed by atoms with Crippen LogP contribution in [0, 0.1) is 0 Å². The summed E-state index contributed by atoms with van der Waals surface area (Å²) in [6.07, 6.45) is 1.74. The zero-order valence-electron chi connectivity index (χ0n) is 15.7. The minimum Gasteiger partial charge on any atom is -0.464 e. The average Bonchev–Trinajstić information content (AvgIpc) is 3.22. The van der Waals surface area contributed by atoms with E-state index in [2.05, 4.69) is 9.88 Å². The molecule has 1 aromatic heterocycles. The van der Waals surface area contributed by atoms with Crippen LogP contribution < -0.4 is 0 Å². The summed E-state index contributed by atoms with van der Waals surface area (Å²) in [5.41, 5.74) is 2.76. The third-order valence-corrected chi connectivity index (χ3v) is 4.80. The molecular formula is C20H25N3O4. The van der Waals surface area contributed by atoms with Crippen molar-refractivity contribution in [3.8, 4) is 11.1 Å². The molecule has 1 aliphatic heterocycles. The lowest BCUT2D eigenvalue weighted by atomic mass is 10.0. The van der Waals surface area contributed by atoms with Crippen LogP contribution in [0.25, 0.3) is 11.1 Å². The standard InChI is InChI=1S/C20H25N3O4/c1-26-11-10-22-6-8-23(9-7-22)19(24)16-5-3-4-15(12-16)17-13-18(21-14-17)20(25)27-2/h3-5,12-14,21H,6-11H2,1-2H3. The zero-order valence-corrected chi connectivity index (χ0v) is 15.7. The van der Waals surface area contributed by atoms with Gasteiger partial charge in [0, 0.05) is 57.2 Å². The van der Waals surface area contributed by atoms with Crippen LogP contribution in [0.1, 0.15) is 20.8 Å². The van der Waals surface area contributed by atoms with Gasteiger partial charge in [-0.1, -0.05) is 12.1 Å². The molecule has 7 nitrogen and oxygen atoms in total. The van der Waals surface area contributed by atoms with Crippen LogP contribution in [-0.2, 0) is 9.47 Å². The van der Waals surface area contributed by atoms with Gasteiger partial charge in [-0.3, -0.25) is 9.69 Å². The normalized spacial score (nSPS) is 15.0. The molecule has 27 heavy (non-hydrogen) atoms. The summed E-state index contributed by atoms with van der Waals surface area (Å²) in [4.78, 5) is 31.6. The first kappa shape index (κ1) is 19.1. The van der Waals surface area contributed by atoms with Crippen LogP contribution in [0.2, 0.25) is 0 Å². The molecule has 7 heteroatoms. The van der Waals surface area contributed by atoms with Gasteiger partial charge in [0.15, 0.2) is 0 Å². The fourth-order valence-corrected chi connectivity index (χ4v) is 3.20. The van der Waals surface area contributed by atoms with Crippen molar-refractivity contribution >= 4 is 11.9 Å². The summed E-state index contributed by atoms with van der Waals surface area (Å²) in [5.74, 6) is -0.383. The summed E-state index contributed by atoms with van der Waals surface area (Å²) in [5, 5.41) is 0. The van der Waals surface area contributed by atoms with E-state index in [1.165, 1.54) is 7.11 Å². The Morgan fingerprint density at radius 2 is 1.85 bits per heavy atom. The largest absolute Gasteiger partial charge is 0.464 e. The Hall–Kier alpha value is -2.64. The number of methoxy groups -OCH3 is 2. The third kappa shape index (κ3) is 4.56. The number of benzene rings is 1. The first-order valence-corrected chi connectivity index (χ1v) is 9.00. The van der Waals surface area contributed by atoms with E-state index in [0.717, 1.165) is 30.8 Å². The number of amides is 1. The van der Waals surface area contributed by atoms with Crippen molar-refractivity contribution in [3.63, 3.8) is 0 Å². The Morgan fingerprint density at radius 3 is 2.56 bits per heavy atom. The highest BCUT2D eigenvalue weighted by Crippen LogP contribution is 2.22. The number of esters is 1. The maximum absolute atomic E-state index is 12.9. The van der Waals surface area contributed by atoms with Gasteiger partial charge in [0.1, 0.15) is 5.69 Å². The third-order valence-electron chi connectivity index (χ3n) is 4.80. The number of nitrogens with one attached hydrogen (secondary N) is 1.